The van der Waals surface area contributed by atoms with Gasteiger partial charge in [-0.15, -0.1) is 11.3 Å². The summed E-state index contributed by atoms with van der Waals surface area (Å²) in [6.07, 6.45) is 0.673. The number of thiazole rings is 1. The van der Waals surface area contributed by atoms with Crippen LogP contribution in [-0.2, 0) is 9.59 Å². The summed E-state index contributed by atoms with van der Waals surface area (Å²) >= 11 is 1.47. The smallest absolute Gasteiger partial charge is 0.276 e. The SMILES string of the molecule is Cc1nc(N(C)C(=O)C2=NNC(=O)CC2)sc1C. The Morgan fingerprint density at radius 2 is 2.11 bits per heavy atom. The van der Waals surface area contributed by atoms with E-state index in [1.165, 1.54) is 16.2 Å². The molecule has 0 bridgehead atoms. The van der Waals surface area contributed by atoms with Crippen LogP contribution in [0.1, 0.15) is 23.4 Å². The van der Waals surface area contributed by atoms with E-state index >= 15 is 0 Å². The minimum atomic E-state index is -0.219. The molecule has 1 aromatic rings. The van der Waals surface area contributed by atoms with Crippen molar-refractivity contribution in [3.05, 3.63) is 10.6 Å². The van der Waals surface area contributed by atoms with E-state index in [1.807, 2.05) is 13.8 Å². The average Bonchev–Trinajstić information content (AvgIpc) is 2.69. The van der Waals surface area contributed by atoms with E-state index in [2.05, 4.69) is 15.5 Å². The number of hydrazone groups is 1. The number of rotatable bonds is 2. The van der Waals surface area contributed by atoms with Gasteiger partial charge in [-0.1, -0.05) is 0 Å². The zero-order valence-corrected chi connectivity index (χ0v) is 11.3. The Bertz CT molecular complexity index is 516. The van der Waals surface area contributed by atoms with E-state index < -0.39 is 0 Å². The van der Waals surface area contributed by atoms with Crippen LogP contribution in [0.15, 0.2) is 5.10 Å². The Kier molecular flexibility index (Phi) is 3.42. The lowest BCUT2D eigenvalue weighted by Gasteiger charge is -2.17. The molecule has 96 valence electrons. The van der Waals surface area contributed by atoms with Crippen LogP contribution in [-0.4, -0.2) is 29.6 Å². The van der Waals surface area contributed by atoms with Gasteiger partial charge in [0.05, 0.1) is 5.69 Å². The van der Waals surface area contributed by atoms with Crippen LogP contribution in [0.4, 0.5) is 5.13 Å². The van der Waals surface area contributed by atoms with Gasteiger partial charge < -0.3 is 0 Å². The van der Waals surface area contributed by atoms with Crippen LogP contribution in [0, 0.1) is 13.8 Å². The molecule has 6 nitrogen and oxygen atoms in total. The molecule has 1 aliphatic rings. The van der Waals surface area contributed by atoms with Crippen molar-refractivity contribution in [2.75, 3.05) is 11.9 Å². The average molecular weight is 266 g/mol. The second-order valence-electron chi connectivity index (χ2n) is 4.10. The molecular formula is C11H14N4O2S. The van der Waals surface area contributed by atoms with Gasteiger partial charge in [0.2, 0.25) is 5.91 Å². The number of carbonyl (C=O) groups is 2. The molecular weight excluding hydrogens is 252 g/mol. The highest BCUT2D eigenvalue weighted by Gasteiger charge is 2.24. The van der Waals surface area contributed by atoms with Gasteiger partial charge in [0.15, 0.2) is 5.13 Å². The highest BCUT2D eigenvalue weighted by atomic mass is 32.1. The summed E-state index contributed by atoms with van der Waals surface area (Å²) in [4.78, 5) is 30.0. The summed E-state index contributed by atoms with van der Waals surface area (Å²) in [5, 5.41) is 4.44. The fourth-order valence-corrected chi connectivity index (χ4v) is 2.38. The molecule has 2 amide bonds. The first-order valence-electron chi connectivity index (χ1n) is 5.56. The van der Waals surface area contributed by atoms with Gasteiger partial charge in [-0.25, -0.2) is 10.4 Å². The molecule has 1 aliphatic heterocycles. The van der Waals surface area contributed by atoms with Crippen LogP contribution in [0.5, 0.6) is 0 Å². The summed E-state index contributed by atoms with van der Waals surface area (Å²) in [6, 6.07) is 0. The molecule has 0 unspecified atom stereocenters. The molecule has 0 radical (unpaired) electrons. The molecule has 0 spiro atoms. The first-order chi connectivity index (χ1) is 8.49. The van der Waals surface area contributed by atoms with E-state index in [1.54, 1.807) is 7.05 Å². The molecule has 0 atom stereocenters. The van der Waals surface area contributed by atoms with Gasteiger partial charge in [-0.2, -0.15) is 5.10 Å². The zero-order chi connectivity index (χ0) is 13.3. The third-order valence-electron chi connectivity index (χ3n) is 2.76. The first-order valence-corrected chi connectivity index (χ1v) is 6.38. The monoisotopic (exact) mass is 266 g/mol. The van der Waals surface area contributed by atoms with Crippen LogP contribution < -0.4 is 10.3 Å². The van der Waals surface area contributed by atoms with Gasteiger partial charge >= 0.3 is 0 Å². The molecule has 0 aromatic carbocycles. The fourth-order valence-electron chi connectivity index (χ4n) is 1.51. The lowest BCUT2D eigenvalue weighted by atomic mass is 10.1. The molecule has 7 heteroatoms. The Balaban J connectivity index is 2.16. The van der Waals surface area contributed by atoms with Gasteiger partial charge in [0, 0.05) is 24.8 Å². The van der Waals surface area contributed by atoms with E-state index in [9.17, 15) is 9.59 Å². The summed E-state index contributed by atoms with van der Waals surface area (Å²) < 4.78 is 0. The Morgan fingerprint density at radius 3 is 2.61 bits per heavy atom. The van der Waals surface area contributed by atoms with Gasteiger partial charge in [-0.3, -0.25) is 14.5 Å². The number of amides is 2. The second kappa shape index (κ2) is 4.85. The highest BCUT2D eigenvalue weighted by Crippen LogP contribution is 2.24. The van der Waals surface area contributed by atoms with E-state index in [-0.39, 0.29) is 11.8 Å². The number of anilines is 1. The number of aromatic nitrogens is 1. The molecule has 1 N–H and O–H groups in total. The molecule has 1 aromatic heterocycles. The predicted molar refractivity (Wildman–Crippen MR) is 69.8 cm³/mol. The lowest BCUT2D eigenvalue weighted by Crippen LogP contribution is -2.38. The van der Waals surface area contributed by atoms with E-state index in [0.717, 1.165) is 10.6 Å². The predicted octanol–water partition coefficient (Wildman–Crippen LogP) is 0.989. The molecule has 18 heavy (non-hydrogen) atoms. The van der Waals surface area contributed by atoms with Crippen molar-refractivity contribution in [1.29, 1.82) is 0 Å². The number of aryl methyl sites for hydroxylation is 2. The van der Waals surface area contributed by atoms with Gasteiger partial charge in [-0.05, 0) is 13.8 Å². The van der Waals surface area contributed by atoms with E-state index in [4.69, 9.17) is 0 Å². The molecule has 0 saturated heterocycles. The Morgan fingerprint density at radius 1 is 1.39 bits per heavy atom. The minimum Gasteiger partial charge on any atom is -0.286 e. The third-order valence-corrected chi connectivity index (χ3v) is 3.91. The molecule has 2 rings (SSSR count). The molecule has 0 fully saturated rings. The maximum absolute atomic E-state index is 12.1. The van der Waals surface area contributed by atoms with Crippen molar-refractivity contribution in [3.8, 4) is 0 Å². The largest absolute Gasteiger partial charge is 0.286 e. The number of nitrogens with zero attached hydrogens (tertiary/aromatic N) is 3. The summed E-state index contributed by atoms with van der Waals surface area (Å²) in [5.41, 5.74) is 3.61. The van der Waals surface area contributed by atoms with Crippen molar-refractivity contribution in [2.24, 2.45) is 5.10 Å². The molecule has 2 heterocycles. The van der Waals surface area contributed by atoms with Crippen molar-refractivity contribution in [2.45, 2.75) is 26.7 Å². The van der Waals surface area contributed by atoms with Crippen LogP contribution in [0.3, 0.4) is 0 Å². The Hall–Kier alpha value is -1.76. The van der Waals surface area contributed by atoms with Gasteiger partial charge in [0.1, 0.15) is 5.71 Å². The maximum Gasteiger partial charge on any atom is 0.276 e. The normalized spacial score (nSPS) is 15.1. The second-order valence-corrected chi connectivity index (χ2v) is 5.28. The number of nitrogens with one attached hydrogen (secondary N) is 1. The van der Waals surface area contributed by atoms with Crippen LogP contribution in [0.25, 0.3) is 0 Å². The number of hydrogen-bond donors (Lipinski definition) is 1. The highest BCUT2D eigenvalue weighted by molar-refractivity contribution is 7.15. The topological polar surface area (TPSA) is 74.7 Å². The Labute approximate surface area is 109 Å². The fraction of sp³-hybridized carbons (Fsp3) is 0.455. The number of carbonyl (C=O) groups excluding carboxylic acids is 2. The van der Waals surface area contributed by atoms with Crippen LogP contribution >= 0.6 is 11.3 Å². The standard InChI is InChI=1S/C11H14N4O2S/c1-6-7(2)18-11(12-6)15(3)10(17)8-4-5-9(16)14-13-8/h4-5H2,1-3H3,(H,14,16). The van der Waals surface area contributed by atoms with Gasteiger partial charge in [0.25, 0.3) is 5.91 Å². The summed E-state index contributed by atoms with van der Waals surface area (Å²) in [6.45, 7) is 3.87. The quantitative estimate of drug-likeness (QED) is 0.867. The molecule has 0 saturated carbocycles. The summed E-state index contributed by atoms with van der Waals surface area (Å²) in [5.74, 6) is -0.376. The van der Waals surface area contributed by atoms with Crippen molar-refractivity contribution in [1.82, 2.24) is 10.4 Å². The first kappa shape index (κ1) is 12.7. The van der Waals surface area contributed by atoms with Crippen molar-refractivity contribution in [3.63, 3.8) is 0 Å². The lowest BCUT2D eigenvalue weighted by molar-refractivity contribution is -0.121. The summed E-state index contributed by atoms with van der Waals surface area (Å²) in [7, 11) is 1.67. The third kappa shape index (κ3) is 2.40. The van der Waals surface area contributed by atoms with E-state index in [0.29, 0.717) is 23.7 Å². The van der Waals surface area contributed by atoms with Crippen molar-refractivity contribution < 1.29 is 9.59 Å². The van der Waals surface area contributed by atoms with Crippen molar-refractivity contribution >= 4 is 34.0 Å². The zero-order valence-electron chi connectivity index (χ0n) is 10.5. The maximum atomic E-state index is 12.1. The minimum absolute atomic E-state index is 0.157. The number of hydrogen-bond acceptors (Lipinski definition) is 5. The molecule has 0 aliphatic carbocycles. The van der Waals surface area contributed by atoms with Crippen LogP contribution in [0.2, 0.25) is 0 Å².